The van der Waals surface area contributed by atoms with Gasteiger partial charge in [-0.2, -0.15) is 0 Å². The molecular weight excluding hydrogens is 248 g/mol. The van der Waals surface area contributed by atoms with Gasteiger partial charge in [0, 0.05) is 19.1 Å². The number of rotatable bonds is 2. The number of nitrogens with zero attached hydrogens (tertiary/aromatic N) is 1. The molecular formula is C17H24N2O. The minimum atomic E-state index is 0.624. The Bertz CT molecular complexity index is 490. The maximum atomic E-state index is 5.44. The zero-order valence-electron chi connectivity index (χ0n) is 12.3. The summed E-state index contributed by atoms with van der Waals surface area (Å²) < 4.78 is 5.44. The van der Waals surface area contributed by atoms with Gasteiger partial charge in [0.05, 0.1) is 7.11 Å². The Morgan fingerprint density at radius 1 is 1.20 bits per heavy atom. The molecule has 0 bridgehead atoms. The number of hydrogen-bond acceptors (Lipinski definition) is 3. The van der Waals surface area contributed by atoms with Gasteiger partial charge in [-0.05, 0) is 67.4 Å². The number of aryl methyl sites for hydroxylation is 1. The van der Waals surface area contributed by atoms with Crippen LogP contribution in [0, 0.1) is 11.8 Å². The molecule has 2 saturated heterocycles. The highest BCUT2D eigenvalue weighted by molar-refractivity contribution is 5.39. The molecule has 1 N–H and O–H groups in total. The molecule has 2 fully saturated rings. The Labute approximate surface area is 121 Å². The van der Waals surface area contributed by atoms with Gasteiger partial charge in [0.25, 0.3) is 0 Å². The molecule has 3 aliphatic rings. The van der Waals surface area contributed by atoms with Crippen molar-refractivity contribution in [3.63, 3.8) is 0 Å². The minimum absolute atomic E-state index is 0.624. The van der Waals surface area contributed by atoms with E-state index in [1.54, 1.807) is 7.11 Å². The summed E-state index contributed by atoms with van der Waals surface area (Å²) in [5, 5.41) is 3.54. The van der Waals surface area contributed by atoms with E-state index in [1.165, 1.54) is 56.6 Å². The van der Waals surface area contributed by atoms with Crippen LogP contribution in [0.2, 0.25) is 0 Å². The monoisotopic (exact) mass is 272 g/mol. The van der Waals surface area contributed by atoms with Crippen molar-refractivity contribution < 1.29 is 4.74 Å². The number of methoxy groups -OCH3 is 1. The summed E-state index contributed by atoms with van der Waals surface area (Å²) in [5.74, 6) is 2.77. The number of hydrogen-bond donors (Lipinski definition) is 1. The van der Waals surface area contributed by atoms with Crippen LogP contribution in [0.4, 0.5) is 0 Å². The van der Waals surface area contributed by atoms with Crippen molar-refractivity contribution in [1.29, 1.82) is 0 Å². The Kier molecular flexibility index (Phi) is 3.20. The molecule has 4 rings (SSSR count). The molecule has 1 aliphatic carbocycles. The Morgan fingerprint density at radius 3 is 2.75 bits per heavy atom. The third-order valence-corrected chi connectivity index (χ3v) is 5.49. The van der Waals surface area contributed by atoms with E-state index in [-0.39, 0.29) is 0 Å². The highest BCUT2D eigenvalue weighted by Crippen LogP contribution is 2.40. The fourth-order valence-electron chi connectivity index (χ4n) is 4.40. The molecule has 0 saturated carbocycles. The second-order valence-electron chi connectivity index (χ2n) is 6.61. The van der Waals surface area contributed by atoms with Gasteiger partial charge in [-0.15, -0.1) is 0 Å². The van der Waals surface area contributed by atoms with E-state index in [0.29, 0.717) is 6.04 Å². The van der Waals surface area contributed by atoms with E-state index >= 15 is 0 Å². The van der Waals surface area contributed by atoms with Crippen LogP contribution in [0.15, 0.2) is 18.2 Å². The van der Waals surface area contributed by atoms with E-state index in [1.807, 2.05) is 0 Å². The molecule has 2 aliphatic heterocycles. The molecule has 1 unspecified atom stereocenters. The maximum absolute atomic E-state index is 5.44. The van der Waals surface area contributed by atoms with Crippen LogP contribution in [0.1, 0.15) is 30.0 Å². The van der Waals surface area contributed by atoms with Gasteiger partial charge in [0.2, 0.25) is 0 Å². The zero-order valence-corrected chi connectivity index (χ0v) is 12.3. The average molecular weight is 272 g/mol. The van der Waals surface area contributed by atoms with Gasteiger partial charge >= 0.3 is 0 Å². The SMILES string of the molecule is COc1ccc2c(c1)C(N1C[C@H]3CNC[C@H]3C1)CCC2. The van der Waals surface area contributed by atoms with Crippen LogP contribution in [0.5, 0.6) is 5.75 Å². The lowest BCUT2D eigenvalue weighted by Gasteiger charge is -2.34. The van der Waals surface area contributed by atoms with Gasteiger partial charge in [-0.25, -0.2) is 0 Å². The lowest BCUT2D eigenvalue weighted by Crippen LogP contribution is -2.32. The van der Waals surface area contributed by atoms with Crippen LogP contribution in [-0.4, -0.2) is 38.2 Å². The molecule has 108 valence electrons. The predicted octanol–water partition coefficient (Wildman–Crippen LogP) is 2.22. The van der Waals surface area contributed by atoms with Gasteiger partial charge < -0.3 is 10.1 Å². The van der Waals surface area contributed by atoms with Crippen LogP contribution in [0.25, 0.3) is 0 Å². The summed E-state index contributed by atoms with van der Waals surface area (Å²) in [6.07, 6.45) is 3.87. The van der Waals surface area contributed by atoms with E-state index in [0.717, 1.165) is 17.6 Å². The third-order valence-electron chi connectivity index (χ3n) is 5.49. The predicted molar refractivity (Wildman–Crippen MR) is 80.1 cm³/mol. The van der Waals surface area contributed by atoms with Crippen LogP contribution in [-0.2, 0) is 6.42 Å². The van der Waals surface area contributed by atoms with E-state index in [4.69, 9.17) is 4.74 Å². The first-order chi connectivity index (χ1) is 9.85. The van der Waals surface area contributed by atoms with Crippen molar-refractivity contribution in [3.8, 4) is 5.75 Å². The first kappa shape index (κ1) is 12.7. The van der Waals surface area contributed by atoms with Crippen molar-refractivity contribution in [3.05, 3.63) is 29.3 Å². The Hall–Kier alpha value is -1.06. The second-order valence-corrected chi connectivity index (χ2v) is 6.61. The number of ether oxygens (including phenoxy) is 1. The lowest BCUT2D eigenvalue weighted by atomic mass is 9.86. The van der Waals surface area contributed by atoms with Gasteiger partial charge in [-0.3, -0.25) is 4.90 Å². The van der Waals surface area contributed by atoms with E-state index in [9.17, 15) is 0 Å². The van der Waals surface area contributed by atoms with Crippen molar-refractivity contribution in [2.75, 3.05) is 33.3 Å². The van der Waals surface area contributed by atoms with E-state index in [2.05, 4.69) is 28.4 Å². The molecule has 0 aromatic heterocycles. The molecule has 2 heterocycles. The highest BCUT2D eigenvalue weighted by Gasteiger charge is 2.40. The smallest absolute Gasteiger partial charge is 0.119 e. The Morgan fingerprint density at radius 2 is 2.00 bits per heavy atom. The Balaban J connectivity index is 1.61. The summed E-state index contributed by atoms with van der Waals surface area (Å²) in [5.41, 5.74) is 3.07. The number of fused-ring (bicyclic) bond motifs is 2. The standard InChI is InChI=1S/C17H24N2O/c1-20-15-6-5-12-3-2-4-17(16(12)7-15)19-10-13-8-18-9-14(13)11-19/h5-7,13-14,17-18H,2-4,8-11H2,1H3/t13-,14+,17?. The highest BCUT2D eigenvalue weighted by atomic mass is 16.5. The van der Waals surface area contributed by atoms with Crippen molar-refractivity contribution in [2.45, 2.75) is 25.3 Å². The number of benzene rings is 1. The normalized spacial score (nSPS) is 33.0. The fraction of sp³-hybridized carbons (Fsp3) is 0.647. The first-order valence-corrected chi connectivity index (χ1v) is 7.96. The van der Waals surface area contributed by atoms with Gasteiger partial charge in [-0.1, -0.05) is 6.07 Å². The molecule has 0 radical (unpaired) electrons. The fourth-order valence-corrected chi connectivity index (χ4v) is 4.40. The summed E-state index contributed by atoms with van der Waals surface area (Å²) in [6, 6.07) is 7.30. The molecule has 3 heteroatoms. The summed E-state index contributed by atoms with van der Waals surface area (Å²) in [7, 11) is 1.77. The van der Waals surface area contributed by atoms with Crippen molar-refractivity contribution in [2.24, 2.45) is 11.8 Å². The number of likely N-dealkylation sites (tertiary alicyclic amines) is 1. The molecule has 3 nitrogen and oxygen atoms in total. The molecule has 20 heavy (non-hydrogen) atoms. The number of nitrogens with one attached hydrogen (secondary N) is 1. The maximum Gasteiger partial charge on any atom is 0.119 e. The topological polar surface area (TPSA) is 24.5 Å². The minimum Gasteiger partial charge on any atom is -0.497 e. The van der Waals surface area contributed by atoms with Gasteiger partial charge in [0.15, 0.2) is 0 Å². The van der Waals surface area contributed by atoms with Crippen LogP contribution in [0.3, 0.4) is 0 Å². The second kappa shape index (κ2) is 5.05. The van der Waals surface area contributed by atoms with Gasteiger partial charge in [0.1, 0.15) is 5.75 Å². The van der Waals surface area contributed by atoms with Crippen molar-refractivity contribution in [1.82, 2.24) is 10.2 Å². The molecule has 1 aromatic rings. The lowest BCUT2D eigenvalue weighted by molar-refractivity contribution is 0.206. The quantitative estimate of drug-likeness (QED) is 0.893. The van der Waals surface area contributed by atoms with E-state index < -0.39 is 0 Å². The molecule has 0 amide bonds. The summed E-state index contributed by atoms with van der Waals surface area (Å²) in [6.45, 7) is 5.00. The first-order valence-electron chi connectivity index (χ1n) is 7.96. The zero-order chi connectivity index (χ0) is 13.5. The average Bonchev–Trinajstić information content (AvgIpc) is 3.07. The summed E-state index contributed by atoms with van der Waals surface area (Å²) >= 11 is 0. The van der Waals surface area contributed by atoms with Crippen LogP contribution < -0.4 is 10.1 Å². The summed E-state index contributed by atoms with van der Waals surface area (Å²) in [4.78, 5) is 2.74. The molecule has 0 spiro atoms. The molecule has 1 aromatic carbocycles. The largest absolute Gasteiger partial charge is 0.497 e. The van der Waals surface area contributed by atoms with Crippen LogP contribution >= 0.6 is 0 Å². The molecule has 3 atom stereocenters. The third kappa shape index (κ3) is 2.04. The van der Waals surface area contributed by atoms with Crippen molar-refractivity contribution >= 4 is 0 Å².